The third-order valence-corrected chi connectivity index (χ3v) is 4.31. The first-order valence-electron chi connectivity index (χ1n) is 7.69. The Hall–Kier alpha value is -3.07. The van der Waals surface area contributed by atoms with Crippen LogP contribution in [0.2, 0.25) is 0 Å². The second kappa shape index (κ2) is 8.09. The molecule has 0 radical (unpaired) electrons. The molecule has 3 aromatic rings. The van der Waals surface area contributed by atoms with Gasteiger partial charge in [0, 0.05) is 34.1 Å². The molecular formula is C18H13F3N4OS. The van der Waals surface area contributed by atoms with Crippen LogP contribution in [0.4, 0.5) is 29.5 Å². The molecule has 2 aromatic heterocycles. The molecule has 2 heterocycles. The number of nitrogens with zero attached hydrogens (tertiary/aromatic N) is 2. The van der Waals surface area contributed by atoms with Gasteiger partial charge in [0.25, 0.3) is 0 Å². The number of amides is 2. The van der Waals surface area contributed by atoms with Crippen molar-refractivity contribution in [1.82, 2.24) is 9.97 Å². The zero-order chi connectivity index (χ0) is 19.3. The Balaban J connectivity index is 1.61. The second-order valence-electron chi connectivity index (χ2n) is 5.32. The van der Waals surface area contributed by atoms with E-state index in [-0.39, 0.29) is 5.82 Å². The van der Waals surface area contributed by atoms with Gasteiger partial charge in [-0.3, -0.25) is 10.3 Å². The summed E-state index contributed by atoms with van der Waals surface area (Å²) in [6.45, 7) is 0. The lowest BCUT2D eigenvalue weighted by Gasteiger charge is -2.10. The normalized spacial score (nSPS) is 11.1. The van der Waals surface area contributed by atoms with Crippen LogP contribution in [0.5, 0.6) is 0 Å². The van der Waals surface area contributed by atoms with E-state index in [1.54, 1.807) is 30.6 Å². The summed E-state index contributed by atoms with van der Waals surface area (Å²) in [4.78, 5) is 21.5. The first kappa shape index (κ1) is 18.7. The molecule has 0 aliphatic heterocycles. The fourth-order valence-corrected chi connectivity index (χ4v) is 2.96. The molecule has 138 valence electrons. The Morgan fingerprint density at radius 2 is 1.74 bits per heavy atom. The maximum Gasteiger partial charge on any atom is 0.417 e. The fraction of sp³-hybridized carbons (Fsp3) is 0.0556. The Kier molecular flexibility index (Phi) is 5.60. The highest BCUT2D eigenvalue weighted by Gasteiger charge is 2.30. The van der Waals surface area contributed by atoms with E-state index < -0.39 is 17.8 Å². The molecule has 9 heteroatoms. The zero-order valence-corrected chi connectivity index (χ0v) is 14.5. The van der Waals surface area contributed by atoms with Crippen molar-refractivity contribution in [3.63, 3.8) is 0 Å². The number of rotatable bonds is 4. The summed E-state index contributed by atoms with van der Waals surface area (Å²) in [5.41, 5.74) is -0.340. The van der Waals surface area contributed by atoms with Crippen molar-refractivity contribution in [3.05, 3.63) is 72.7 Å². The van der Waals surface area contributed by atoms with E-state index in [0.29, 0.717) is 11.9 Å². The van der Waals surface area contributed by atoms with Crippen molar-refractivity contribution in [2.24, 2.45) is 0 Å². The molecule has 0 unspecified atom stereocenters. The standard InChI is InChI=1S/C18H13F3N4OS/c19-18(20,21)12-4-5-16(23-11-12)25-17(26)24-13-2-1-3-15(10-13)27-14-6-8-22-9-7-14/h1-11H,(H2,23,24,25,26). The molecule has 2 amide bonds. The number of carbonyl (C=O) groups excluding carboxylic acids is 1. The van der Waals surface area contributed by atoms with Crippen molar-refractivity contribution in [2.45, 2.75) is 16.0 Å². The number of urea groups is 1. The number of carbonyl (C=O) groups is 1. The Morgan fingerprint density at radius 3 is 2.41 bits per heavy atom. The van der Waals surface area contributed by atoms with Crippen LogP contribution in [0, 0.1) is 0 Å². The molecule has 0 saturated heterocycles. The van der Waals surface area contributed by atoms with Gasteiger partial charge in [-0.1, -0.05) is 17.8 Å². The molecule has 0 bridgehead atoms. The molecule has 0 aliphatic rings. The van der Waals surface area contributed by atoms with Gasteiger partial charge < -0.3 is 5.32 Å². The molecule has 2 N–H and O–H groups in total. The lowest BCUT2D eigenvalue weighted by molar-refractivity contribution is -0.137. The molecular weight excluding hydrogens is 377 g/mol. The SMILES string of the molecule is O=C(Nc1cccc(Sc2ccncc2)c1)Nc1ccc(C(F)(F)F)cn1. The summed E-state index contributed by atoms with van der Waals surface area (Å²) >= 11 is 1.51. The summed E-state index contributed by atoms with van der Waals surface area (Å²) in [6, 6.07) is 12.3. The molecule has 1 aromatic carbocycles. The minimum atomic E-state index is -4.47. The summed E-state index contributed by atoms with van der Waals surface area (Å²) in [5.74, 6) is 0.0165. The minimum Gasteiger partial charge on any atom is -0.308 e. The molecule has 0 atom stereocenters. The van der Waals surface area contributed by atoms with Crippen molar-refractivity contribution in [3.8, 4) is 0 Å². The first-order valence-corrected chi connectivity index (χ1v) is 8.51. The highest BCUT2D eigenvalue weighted by atomic mass is 32.2. The van der Waals surface area contributed by atoms with E-state index in [9.17, 15) is 18.0 Å². The van der Waals surface area contributed by atoms with E-state index in [4.69, 9.17) is 0 Å². The number of benzene rings is 1. The fourth-order valence-electron chi connectivity index (χ4n) is 2.09. The highest BCUT2D eigenvalue weighted by Crippen LogP contribution is 2.30. The molecule has 3 rings (SSSR count). The minimum absolute atomic E-state index is 0.0165. The van der Waals surface area contributed by atoms with E-state index in [1.165, 1.54) is 11.8 Å². The summed E-state index contributed by atoms with van der Waals surface area (Å²) in [6.07, 6.45) is -0.424. The van der Waals surface area contributed by atoms with Crippen LogP contribution >= 0.6 is 11.8 Å². The molecule has 0 fully saturated rings. The number of hydrogen-bond donors (Lipinski definition) is 2. The van der Waals surface area contributed by atoms with Gasteiger partial charge >= 0.3 is 12.2 Å². The first-order chi connectivity index (χ1) is 12.9. The number of hydrogen-bond acceptors (Lipinski definition) is 4. The van der Waals surface area contributed by atoms with E-state index in [0.717, 1.165) is 21.9 Å². The topological polar surface area (TPSA) is 66.9 Å². The average Bonchev–Trinajstić information content (AvgIpc) is 2.62. The maximum atomic E-state index is 12.5. The number of alkyl halides is 3. The monoisotopic (exact) mass is 390 g/mol. The van der Waals surface area contributed by atoms with Gasteiger partial charge in [0.05, 0.1) is 5.56 Å². The van der Waals surface area contributed by atoms with Crippen molar-refractivity contribution >= 4 is 29.3 Å². The van der Waals surface area contributed by atoms with Gasteiger partial charge in [-0.15, -0.1) is 0 Å². The lowest BCUT2D eigenvalue weighted by atomic mass is 10.3. The van der Waals surface area contributed by atoms with Crippen LogP contribution in [0.3, 0.4) is 0 Å². The third-order valence-electron chi connectivity index (χ3n) is 3.31. The van der Waals surface area contributed by atoms with Crippen LogP contribution < -0.4 is 10.6 Å². The van der Waals surface area contributed by atoms with Crippen LogP contribution in [0.15, 0.2) is 76.9 Å². The maximum absolute atomic E-state index is 12.5. The van der Waals surface area contributed by atoms with Crippen LogP contribution in [-0.2, 0) is 6.18 Å². The molecule has 0 aliphatic carbocycles. The van der Waals surface area contributed by atoms with Crippen LogP contribution in [-0.4, -0.2) is 16.0 Å². The van der Waals surface area contributed by atoms with Crippen molar-refractivity contribution in [1.29, 1.82) is 0 Å². The molecule has 0 saturated carbocycles. The summed E-state index contributed by atoms with van der Waals surface area (Å²) < 4.78 is 37.6. The van der Waals surface area contributed by atoms with Gasteiger partial charge in [0.2, 0.25) is 0 Å². The van der Waals surface area contributed by atoms with Gasteiger partial charge in [0.1, 0.15) is 5.82 Å². The Bertz CT molecular complexity index is 918. The number of nitrogens with one attached hydrogen (secondary N) is 2. The van der Waals surface area contributed by atoms with Crippen LogP contribution in [0.25, 0.3) is 0 Å². The smallest absolute Gasteiger partial charge is 0.308 e. The zero-order valence-electron chi connectivity index (χ0n) is 13.7. The van der Waals surface area contributed by atoms with E-state index in [1.807, 2.05) is 18.2 Å². The number of pyridine rings is 2. The molecule has 5 nitrogen and oxygen atoms in total. The number of halogens is 3. The van der Waals surface area contributed by atoms with E-state index in [2.05, 4.69) is 20.6 Å². The third kappa shape index (κ3) is 5.45. The largest absolute Gasteiger partial charge is 0.417 e. The van der Waals surface area contributed by atoms with Gasteiger partial charge in [0.15, 0.2) is 0 Å². The predicted octanol–water partition coefficient (Wildman–Crippen LogP) is 5.29. The second-order valence-corrected chi connectivity index (χ2v) is 6.47. The van der Waals surface area contributed by atoms with Crippen molar-refractivity contribution < 1.29 is 18.0 Å². The Morgan fingerprint density at radius 1 is 0.963 bits per heavy atom. The molecule has 0 spiro atoms. The van der Waals surface area contributed by atoms with Gasteiger partial charge in [-0.2, -0.15) is 13.2 Å². The quantitative estimate of drug-likeness (QED) is 0.635. The average molecular weight is 390 g/mol. The van der Waals surface area contributed by atoms with Gasteiger partial charge in [-0.25, -0.2) is 9.78 Å². The number of aromatic nitrogens is 2. The summed E-state index contributed by atoms with van der Waals surface area (Å²) in [7, 11) is 0. The Labute approximate surface area is 157 Å². The van der Waals surface area contributed by atoms with Crippen molar-refractivity contribution in [2.75, 3.05) is 10.6 Å². The van der Waals surface area contributed by atoms with Gasteiger partial charge in [-0.05, 0) is 42.5 Å². The van der Waals surface area contributed by atoms with E-state index >= 15 is 0 Å². The predicted molar refractivity (Wildman–Crippen MR) is 96.7 cm³/mol. The lowest BCUT2D eigenvalue weighted by Crippen LogP contribution is -2.20. The van der Waals surface area contributed by atoms with Crippen LogP contribution in [0.1, 0.15) is 5.56 Å². The number of anilines is 2. The summed E-state index contributed by atoms with van der Waals surface area (Å²) in [5, 5.41) is 5.02. The molecule has 27 heavy (non-hydrogen) atoms. The highest BCUT2D eigenvalue weighted by molar-refractivity contribution is 7.99.